The van der Waals surface area contributed by atoms with Gasteiger partial charge in [0.1, 0.15) is 0 Å². The van der Waals surface area contributed by atoms with Crippen molar-refractivity contribution in [3.8, 4) is 0 Å². The lowest BCUT2D eigenvalue weighted by Crippen LogP contribution is -2.53. The zero-order chi connectivity index (χ0) is 15.5. The number of aryl methyl sites for hydroxylation is 1. The number of piperazine rings is 1. The van der Waals surface area contributed by atoms with Crippen molar-refractivity contribution >= 4 is 5.69 Å². The molecule has 1 saturated heterocycles. The van der Waals surface area contributed by atoms with Gasteiger partial charge in [0, 0.05) is 44.5 Å². The van der Waals surface area contributed by atoms with Gasteiger partial charge in [0.2, 0.25) is 0 Å². The van der Waals surface area contributed by atoms with Gasteiger partial charge in [-0.3, -0.25) is 4.90 Å². The lowest BCUT2D eigenvalue weighted by atomic mass is 9.86. The van der Waals surface area contributed by atoms with Crippen molar-refractivity contribution in [2.45, 2.75) is 33.7 Å². The molecule has 3 nitrogen and oxygen atoms in total. The number of hydrogen-bond donors (Lipinski definition) is 1. The molecular weight excluding hydrogens is 258 g/mol. The summed E-state index contributed by atoms with van der Waals surface area (Å²) in [5.41, 5.74) is 3.02. The monoisotopic (exact) mass is 289 g/mol. The molecule has 2 rings (SSSR count). The summed E-state index contributed by atoms with van der Waals surface area (Å²) >= 11 is 0. The summed E-state index contributed by atoms with van der Waals surface area (Å²) in [6, 6.07) is 9.40. The highest BCUT2D eigenvalue weighted by Crippen LogP contribution is 2.22. The molecule has 1 heterocycles. The minimum atomic E-state index is 0.308. The van der Waals surface area contributed by atoms with Gasteiger partial charge in [0.25, 0.3) is 0 Å². The maximum atomic E-state index is 3.48. The molecule has 1 aliphatic heterocycles. The highest BCUT2D eigenvalue weighted by molar-refractivity contribution is 5.48. The highest BCUT2D eigenvalue weighted by Gasteiger charge is 2.26. The van der Waals surface area contributed by atoms with Crippen LogP contribution in [0.25, 0.3) is 0 Å². The molecule has 1 unspecified atom stereocenters. The van der Waals surface area contributed by atoms with Gasteiger partial charge >= 0.3 is 0 Å². The van der Waals surface area contributed by atoms with Gasteiger partial charge in [-0.05, 0) is 37.1 Å². The van der Waals surface area contributed by atoms with Crippen LogP contribution in [0, 0.1) is 12.3 Å². The molecule has 0 amide bonds. The molecule has 1 atom stereocenters. The topological polar surface area (TPSA) is 18.5 Å². The minimum Gasteiger partial charge on any atom is -0.369 e. The third-order valence-electron chi connectivity index (χ3n) is 4.57. The van der Waals surface area contributed by atoms with E-state index in [0.29, 0.717) is 11.5 Å². The Morgan fingerprint density at radius 2 is 1.81 bits per heavy atom. The van der Waals surface area contributed by atoms with E-state index in [4.69, 9.17) is 0 Å². The van der Waals surface area contributed by atoms with Crippen LogP contribution in [0.15, 0.2) is 24.3 Å². The van der Waals surface area contributed by atoms with E-state index in [1.165, 1.54) is 11.3 Å². The van der Waals surface area contributed by atoms with Gasteiger partial charge in [-0.15, -0.1) is 0 Å². The van der Waals surface area contributed by atoms with E-state index in [1.807, 2.05) is 0 Å². The maximum Gasteiger partial charge on any atom is 0.0369 e. The summed E-state index contributed by atoms with van der Waals surface area (Å²) in [5.74, 6) is 0. The number of anilines is 1. The van der Waals surface area contributed by atoms with Crippen molar-refractivity contribution in [2.75, 3.05) is 44.7 Å². The lowest BCUT2D eigenvalue weighted by Gasteiger charge is -2.40. The van der Waals surface area contributed by atoms with Gasteiger partial charge in [0.05, 0.1) is 0 Å². The van der Waals surface area contributed by atoms with E-state index in [1.54, 1.807) is 0 Å². The van der Waals surface area contributed by atoms with Crippen LogP contribution in [0.4, 0.5) is 5.69 Å². The van der Waals surface area contributed by atoms with E-state index < -0.39 is 0 Å². The average Bonchev–Trinajstić information content (AvgIpc) is 2.44. The van der Waals surface area contributed by atoms with E-state index in [2.05, 4.69) is 74.1 Å². The second-order valence-corrected chi connectivity index (χ2v) is 7.33. The van der Waals surface area contributed by atoms with Crippen molar-refractivity contribution in [3.05, 3.63) is 29.8 Å². The van der Waals surface area contributed by atoms with Crippen LogP contribution in [0.5, 0.6) is 0 Å². The fraction of sp³-hybridized carbons (Fsp3) is 0.667. The van der Waals surface area contributed by atoms with Crippen LogP contribution in [-0.4, -0.2) is 50.7 Å². The smallest absolute Gasteiger partial charge is 0.0369 e. The Bertz CT molecular complexity index is 442. The quantitative estimate of drug-likeness (QED) is 0.919. The molecule has 3 heteroatoms. The highest BCUT2D eigenvalue weighted by atomic mass is 15.3. The number of rotatable bonds is 4. The van der Waals surface area contributed by atoms with Crippen LogP contribution < -0.4 is 10.2 Å². The predicted molar refractivity (Wildman–Crippen MR) is 92.1 cm³/mol. The lowest BCUT2D eigenvalue weighted by molar-refractivity contribution is 0.172. The molecule has 0 aliphatic carbocycles. The zero-order valence-electron chi connectivity index (χ0n) is 14.3. The SMILES string of the molecule is CNC(CN1CCN(c2cccc(C)c2)CC1)C(C)(C)C. The van der Waals surface area contributed by atoms with E-state index in [9.17, 15) is 0 Å². The average molecular weight is 289 g/mol. The summed E-state index contributed by atoms with van der Waals surface area (Å²) in [5, 5.41) is 3.48. The normalized spacial score (nSPS) is 18.8. The van der Waals surface area contributed by atoms with Gasteiger partial charge in [0.15, 0.2) is 0 Å². The van der Waals surface area contributed by atoms with Crippen LogP contribution in [0.3, 0.4) is 0 Å². The van der Waals surface area contributed by atoms with Gasteiger partial charge in [-0.25, -0.2) is 0 Å². The molecule has 0 spiro atoms. The second kappa shape index (κ2) is 6.80. The fourth-order valence-corrected chi connectivity index (χ4v) is 3.07. The Hall–Kier alpha value is -1.06. The van der Waals surface area contributed by atoms with Crippen LogP contribution in [-0.2, 0) is 0 Å². The van der Waals surface area contributed by atoms with E-state index >= 15 is 0 Å². The molecule has 0 saturated carbocycles. The summed E-state index contributed by atoms with van der Waals surface area (Å²) in [6.45, 7) is 14.8. The van der Waals surface area contributed by atoms with Gasteiger partial charge < -0.3 is 10.2 Å². The molecule has 118 valence electrons. The largest absolute Gasteiger partial charge is 0.369 e. The Morgan fingerprint density at radius 3 is 2.33 bits per heavy atom. The Kier molecular flexibility index (Phi) is 5.28. The minimum absolute atomic E-state index is 0.308. The Balaban J connectivity index is 1.88. The Labute approximate surface area is 130 Å². The first-order chi connectivity index (χ1) is 9.90. The number of nitrogens with one attached hydrogen (secondary N) is 1. The molecule has 0 aromatic heterocycles. The number of likely N-dealkylation sites (N-methyl/N-ethyl adjacent to an activating group) is 1. The molecule has 1 aromatic carbocycles. The van der Waals surface area contributed by atoms with Crippen LogP contribution in [0.1, 0.15) is 26.3 Å². The molecule has 0 radical (unpaired) electrons. The first-order valence-corrected chi connectivity index (χ1v) is 8.11. The van der Waals surface area contributed by atoms with Gasteiger partial charge in [-0.1, -0.05) is 32.9 Å². The summed E-state index contributed by atoms with van der Waals surface area (Å²) < 4.78 is 0. The summed E-state index contributed by atoms with van der Waals surface area (Å²) in [6.07, 6.45) is 0. The van der Waals surface area contributed by atoms with Crippen molar-refractivity contribution < 1.29 is 0 Å². The van der Waals surface area contributed by atoms with Crippen LogP contribution in [0.2, 0.25) is 0 Å². The standard InChI is InChI=1S/C18H31N3/c1-15-7-6-8-16(13-15)21-11-9-20(10-12-21)14-17(19-5)18(2,3)4/h6-8,13,17,19H,9-12,14H2,1-5H3. The van der Waals surface area contributed by atoms with Crippen LogP contribution >= 0.6 is 0 Å². The number of benzene rings is 1. The Morgan fingerprint density at radius 1 is 1.14 bits per heavy atom. The third kappa shape index (κ3) is 4.45. The number of hydrogen-bond acceptors (Lipinski definition) is 3. The summed E-state index contributed by atoms with van der Waals surface area (Å²) in [4.78, 5) is 5.10. The predicted octanol–water partition coefficient (Wildman–Crippen LogP) is 2.75. The first-order valence-electron chi connectivity index (χ1n) is 8.11. The van der Waals surface area contributed by atoms with E-state index in [0.717, 1.165) is 32.7 Å². The summed E-state index contributed by atoms with van der Waals surface area (Å²) in [7, 11) is 2.08. The number of nitrogens with zero attached hydrogens (tertiary/aromatic N) is 2. The van der Waals surface area contributed by atoms with E-state index in [-0.39, 0.29) is 0 Å². The zero-order valence-corrected chi connectivity index (χ0v) is 14.3. The molecule has 1 fully saturated rings. The third-order valence-corrected chi connectivity index (χ3v) is 4.57. The van der Waals surface area contributed by atoms with Crippen molar-refractivity contribution in [1.82, 2.24) is 10.2 Å². The molecular formula is C18H31N3. The second-order valence-electron chi connectivity index (χ2n) is 7.33. The first kappa shape index (κ1) is 16.3. The fourth-order valence-electron chi connectivity index (χ4n) is 3.07. The molecule has 21 heavy (non-hydrogen) atoms. The molecule has 0 bridgehead atoms. The molecule has 1 aromatic rings. The van der Waals surface area contributed by atoms with Gasteiger partial charge in [-0.2, -0.15) is 0 Å². The van der Waals surface area contributed by atoms with Crippen molar-refractivity contribution in [2.24, 2.45) is 5.41 Å². The maximum absolute atomic E-state index is 3.48. The van der Waals surface area contributed by atoms with Crippen molar-refractivity contribution in [1.29, 1.82) is 0 Å². The van der Waals surface area contributed by atoms with Crippen molar-refractivity contribution in [3.63, 3.8) is 0 Å². The molecule has 1 N–H and O–H groups in total. The molecule has 1 aliphatic rings.